The maximum atomic E-state index is 13.7. The number of nitrogens with zero attached hydrogens (tertiary/aromatic N) is 2. The van der Waals surface area contributed by atoms with Crippen LogP contribution in [0.3, 0.4) is 0 Å². The molecule has 6 heteroatoms. The SMILES string of the molecule is Cc1ccc(C(=O)Nc2cccc(OCc3cn4ccccc4n3)c2)cc1F. The summed E-state index contributed by atoms with van der Waals surface area (Å²) in [6.45, 7) is 1.96. The van der Waals surface area contributed by atoms with Crippen LogP contribution in [0.25, 0.3) is 5.65 Å². The van der Waals surface area contributed by atoms with Gasteiger partial charge in [0.2, 0.25) is 0 Å². The number of benzene rings is 2. The van der Waals surface area contributed by atoms with E-state index in [1.54, 1.807) is 43.3 Å². The van der Waals surface area contributed by atoms with Crippen molar-refractivity contribution in [2.75, 3.05) is 5.32 Å². The third kappa shape index (κ3) is 3.86. The molecular formula is C22H18FN3O2. The Labute approximate surface area is 161 Å². The first-order valence-corrected chi connectivity index (χ1v) is 8.81. The minimum Gasteiger partial charge on any atom is -0.487 e. The van der Waals surface area contributed by atoms with Gasteiger partial charge < -0.3 is 14.5 Å². The molecule has 0 atom stereocenters. The standard InChI is InChI=1S/C22H18FN3O2/c1-15-8-9-16(11-20(15)23)22(27)25-17-5-4-6-19(12-17)28-14-18-13-26-10-3-2-7-21(26)24-18/h2-13H,14H2,1H3,(H,25,27). The highest BCUT2D eigenvalue weighted by Crippen LogP contribution is 2.20. The number of ether oxygens (including phenoxy) is 1. The van der Waals surface area contributed by atoms with E-state index in [0.717, 1.165) is 11.3 Å². The minimum atomic E-state index is -0.405. The predicted octanol–water partition coefficient (Wildman–Crippen LogP) is 4.61. The summed E-state index contributed by atoms with van der Waals surface area (Å²) in [7, 11) is 0. The van der Waals surface area contributed by atoms with Crippen molar-refractivity contribution in [1.29, 1.82) is 0 Å². The fourth-order valence-electron chi connectivity index (χ4n) is 2.82. The van der Waals surface area contributed by atoms with Gasteiger partial charge in [-0.2, -0.15) is 0 Å². The molecule has 0 saturated heterocycles. The van der Waals surface area contributed by atoms with E-state index in [2.05, 4.69) is 10.3 Å². The van der Waals surface area contributed by atoms with Crippen molar-refractivity contribution in [2.45, 2.75) is 13.5 Å². The number of carbonyl (C=O) groups is 1. The lowest BCUT2D eigenvalue weighted by atomic mass is 10.1. The summed E-state index contributed by atoms with van der Waals surface area (Å²) in [5, 5.41) is 2.76. The first kappa shape index (κ1) is 17.7. The van der Waals surface area contributed by atoms with E-state index in [1.165, 1.54) is 6.07 Å². The number of hydrogen-bond acceptors (Lipinski definition) is 3. The van der Waals surface area contributed by atoms with Gasteiger partial charge in [0.15, 0.2) is 0 Å². The number of halogens is 1. The van der Waals surface area contributed by atoms with Crippen molar-refractivity contribution in [1.82, 2.24) is 9.38 Å². The predicted molar refractivity (Wildman–Crippen MR) is 105 cm³/mol. The van der Waals surface area contributed by atoms with Crippen LogP contribution >= 0.6 is 0 Å². The fraction of sp³-hybridized carbons (Fsp3) is 0.0909. The van der Waals surface area contributed by atoms with E-state index < -0.39 is 5.82 Å². The van der Waals surface area contributed by atoms with Crippen molar-refractivity contribution in [3.05, 3.63) is 95.7 Å². The molecule has 2 heterocycles. The number of rotatable bonds is 5. The molecule has 0 aliphatic rings. The van der Waals surface area contributed by atoms with Crippen LogP contribution in [-0.2, 0) is 6.61 Å². The monoisotopic (exact) mass is 375 g/mol. The molecule has 2 aromatic heterocycles. The quantitative estimate of drug-likeness (QED) is 0.554. The molecule has 0 aliphatic heterocycles. The molecule has 0 fully saturated rings. The summed E-state index contributed by atoms with van der Waals surface area (Å²) < 4.78 is 21.4. The highest BCUT2D eigenvalue weighted by atomic mass is 19.1. The molecular weight excluding hydrogens is 357 g/mol. The summed E-state index contributed by atoms with van der Waals surface area (Å²) in [5.74, 6) is -0.182. The molecule has 2 aromatic carbocycles. The number of hydrogen-bond donors (Lipinski definition) is 1. The summed E-state index contributed by atoms with van der Waals surface area (Å²) in [6.07, 6.45) is 3.84. The number of nitrogens with one attached hydrogen (secondary N) is 1. The number of imidazole rings is 1. The zero-order valence-electron chi connectivity index (χ0n) is 15.2. The van der Waals surface area contributed by atoms with Gasteiger partial charge in [-0.1, -0.05) is 18.2 Å². The molecule has 0 bridgehead atoms. The Balaban J connectivity index is 1.43. The van der Waals surface area contributed by atoms with Crippen LogP contribution in [0.1, 0.15) is 21.6 Å². The molecule has 0 spiro atoms. The summed E-state index contributed by atoms with van der Waals surface area (Å²) in [6, 6.07) is 17.3. The van der Waals surface area contributed by atoms with Gasteiger partial charge in [-0.3, -0.25) is 4.79 Å². The van der Waals surface area contributed by atoms with Crippen LogP contribution in [0.15, 0.2) is 73.1 Å². The Morgan fingerprint density at radius 2 is 2.04 bits per heavy atom. The third-order valence-electron chi connectivity index (χ3n) is 4.33. The van der Waals surface area contributed by atoms with Gasteiger partial charge in [0.25, 0.3) is 5.91 Å². The molecule has 4 rings (SSSR count). The van der Waals surface area contributed by atoms with Gasteiger partial charge in [-0.15, -0.1) is 0 Å². The van der Waals surface area contributed by atoms with Crippen LogP contribution < -0.4 is 10.1 Å². The Kier molecular flexibility index (Phi) is 4.76. The van der Waals surface area contributed by atoms with E-state index in [0.29, 0.717) is 23.6 Å². The van der Waals surface area contributed by atoms with Crippen molar-refractivity contribution >= 4 is 17.2 Å². The summed E-state index contributed by atoms with van der Waals surface area (Å²) >= 11 is 0. The number of amides is 1. The molecule has 5 nitrogen and oxygen atoms in total. The third-order valence-corrected chi connectivity index (χ3v) is 4.33. The van der Waals surface area contributed by atoms with Gasteiger partial charge in [-0.25, -0.2) is 9.37 Å². The molecule has 0 saturated carbocycles. The zero-order valence-corrected chi connectivity index (χ0v) is 15.2. The number of carbonyl (C=O) groups excluding carboxylic acids is 1. The lowest BCUT2D eigenvalue weighted by Gasteiger charge is -2.09. The van der Waals surface area contributed by atoms with E-state index >= 15 is 0 Å². The highest BCUT2D eigenvalue weighted by Gasteiger charge is 2.09. The maximum absolute atomic E-state index is 13.7. The number of aromatic nitrogens is 2. The zero-order chi connectivity index (χ0) is 19.5. The van der Waals surface area contributed by atoms with E-state index in [4.69, 9.17) is 4.74 Å². The van der Waals surface area contributed by atoms with Crippen molar-refractivity contribution in [2.24, 2.45) is 0 Å². The lowest BCUT2D eigenvalue weighted by Crippen LogP contribution is -2.12. The number of aryl methyl sites for hydroxylation is 1. The van der Waals surface area contributed by atoms with Crippen LogP contribution in [-0.4, -0.2) is 15.3 Å². The molecule has 0 radical (unpaired) electrons. The number of fused-ring (bicyclic) bond motifs is 1. The van der Waals surface area contributed by atoms with Gasteiger partial charge >= 0.3 is 0 Å². The van der Waals surface area contributed by atoms with E-state index in [1.807, 2.05) is 35.0 Å². The van der Waals surface area contributed by atoms with E-state index in [-0.39, 0.29) is 11.5 Å². The van der Waals surface area contributed by atoms with Crippen molar-refractivity contribution in [3.8, 4) is 5.75 Å². The van der Waals surface area contributed by atoms with Crippen LogP contribution in [0.4, 0.5) is 10.1 Å². The smallest absolute Gasteiger partial charge is 0.255 e. The van der Waals surface area contributed by atoms with Gasteiger partial charge in [0.05, 0.1) is 5.69 Å². The minimum absolute atomic E-state index is 0.263. The van der Waals surface area contributed by atoms with Crippen LogP contribution in [0.5, 0.6) is 5.75 Å². The Hall–Kier alpha value is -3.67. The molecule has 4 aromatic rings. The lowest BCUT2D eigenvalue weighted by molar-refractivity contribution is 0.102. The van der Waals surface area contributed by atoms with Crippen LogP contribution in [0.2, 0.25) is 0 Å². The number of anilines is 1. The number of pyridine rings is 1. The normalized spacial score (nSPS) is 10.8. The second kappa shape index (κ2) is 7.52. The molecule has 0 aliphatic carbocycles. The second-order valence-corrected chi connectivity index (χ2v) is 6.43. The topological polar surface area (TPSA) is 55.6 Å². The van der Waals surface area contributed by atoms with Crippen molar-refractivity contribution < 1.29 is 13.9 Å². The van der Waals surface area contributed by atoms with Crippen LogP contribution in [0, 0.1) is 12.7 Å². The first-order valence-electron chi connectivity index (χ1n) is 8.81. The molecule has 140 valence electrons. The molecule has 0 unspecified atom stereocenters. The summed E-state index contributed by atoms with van der Waals surface area (Å²) in [5.41, 5.74) is 2.99. The van der Waals surface area contributed by atoms with E-state index in [9.17, 15) is 9.18 Å². The van der Waals surface area contributed by atoms with Gasteiger partial charge in [0, 0.05) is 29.7 Å². The first-order chi connectivity index (χ1) is 13.6. The Morgan fingerprint density at radius 3 is 2.86 bits per heavy atom. The molecule has 1 N–H and O–H groups in total. The Bertz CT molecular complexity index is 1120. The summed E-state index contributed by atoms with van der Waals surface area (Å²) in [4.78, 5) is 16.8. The molecule has 1 amide bonds. The second-order valence-electron chi connectivity index (χ2n) is 6.43. The average Bonchev–Trinajstić information content (AvgIpc) is 3.12. The highest BCUT2D eigenvalue weighted by molar-refractivity contribution is 6.04. The van der Waals surface area contributed by atoms with Gasteiger partial charge in [0.1, 0.15) is 23.8 Å². The Morgan fingerprint density at radius 1 is 1.14 bits per heavy atom. The van der Waals surface area contributed by atoms with Gasteiger partial charge in [-0.05, 0) is 48.9 Å². The fourth-order valence-corrected chi connectivity index (χ4v) is 2.82. The molecule has 28 heavy (non-hydrogen) atoms. The maximum Gasteiger partial charge on any atom is 0.255 e. The van der Waals surface area contributed by atoms with Crippen molar-refractivity contribution in [3.63, 3.8) is 0 Å². The largest absolute Gasteiger partial charge is 0.487 e. The average molecular weight is 375 g/mol.